The topological polar surface area (TPSA) is 39.7 Å². The van der Waals surface area contributed by atoms with Crippen molar-refractivity contribution < 1.29 is 14.2 Å². The normalized spacial score (nSPS) is 32.0. The zero-order valence-electron chi connectivity index (χ0n) is 9.62. The number of hydrogen-bond donors (Lipinski definition) is 1. The Balaban J connectivity index is 1.64. The van der Waals surface area contributed by atoms with Crippen molar-refractivity contribution in [3.05, 3.63) is 0 Å². The summed E-state index contributed by atoms with van der Waals surface area (Å²) in [7, 11) is 0. The number of nitrogens with one attached hydrogen (secondary N) is 1. The molecule has 0 aromatic rings. The lowest BCUT2D eigenvalue weighted by Crippen LogP contribution is -2.50. The SMILES string of the molecule is CC1(C)OCC(NCC2CCCO2)CO1. The summed E-state index contributed by atoms with van der Waals surface area (Å²) in [5.41, 5.74) is 0. The minimum atomic E-state index is -0.415. The molecule has 1 N–H and O–H groups in total. The minimum Gasteiger partial charge on any atom is -0.377 e. The molecule has 2 aliphatic heterocycles. The Labute approximate surface area is 91.3 Å². The second kappa shape index (κ2) is 4.78. The molecule has 1 atom stereocenters. The van der Waals surface area contributed by atoms with Gasteiger partial charge in [0.25, 0.3) is 0 Å². The van der Waals surface area contributed by atoms with E-state index in [1.807, 2.05) is 13.8 Å². The van der Waals surface area contributed by atoms with E-state index in [1.165, 1.54) is 12.8 Å². The highest BCUT2D eigenvalue weighted by Crippen LogP contribution is 2.17. The lowest BCUT2D eigenvalue weighted by molar-refractivity contribution is -0.253. The molecular formula is C11H21NO3. The maximum atomic E-state index is 5.57. The molecule has 2 aliphatic rings. The Kier molecular flexibility index (Phi) is 3.61. The average Bonchev–Trinajstić information content (AvgIpc) is 2.69. The van der Waals surface area contributed by atoms with Crippen molar-refractivity contribution in [2.24, 2.45) is 0 Å². The predicted octanol–water partition coefficient (Wildman–Crippen LogP) is 0.906. The molecule has 4 nitrogen and oxygen atoms in total. The van der Waals surface area contributed by atoms with Gasteiger partial charge in [-0.25, -0.2) is 0 Å². The fraction of sp³-hybridized carbons (Fsp3) is 1.00. The molecule has 2 rings (SSSR count). The standard InChI is InChI=1S/C11H21NO3/c1-11(2)14-7-9(8-15-11)12-6-10-4-3-5-13-10/h9-10,12H,3-8H2,1-2H3. The van der Waals surface area contributed by atoms with Crippen molar-refractivity contribution in [1.82, 2.24) is 5.32 Å². The Hall–Kier alpha value is -0.160. The molecule has 0 aromatic carbocycles. The molecule has 15 heavy (non-hydrogen) atoms. The van der Waals surface area contributed by atoms with Crippen LogP contribution < -0.4 is 5.32 Å². The van der Waals surface area contributed by atoms with Gasteiger partial charge in [-0.3, -0.25) is 0 Å². The molecule has 0 aliphatic carbocycles. The van der Waals surface area contributed by atoms with E-state index in [9.17, 15) is 0 Å². The third-order valence-corrected chi connectivity index (χ3v) is 2.92. The maximum absolute atomic E-state index is 5.57. The van der Waals surface area contributed by atoms with Gasteiger partial charge in [0.2, 0.25) is 0 Å². The van der Waals surface area contributed by atoms with Crippen LogP contribution in [0.3, 0.4) is 0 Å². The fourth-order valence-electron chi connectivity index (χ4n) is 1.91. The van der Waals surface area contributed by atoms with Crippen molar-refractivity contribution in [1.29, 1.82) is 0 Å². The highest BCUT2D eigenvalue weighted by Gasteiger charge is 2.28. The van der Waals surface area contributed by atoms with Gasteiger partial charge in [-0.2, -0.15) is 0 Å². The quantitative estimate of drug-likeness (QED) is 0.759. The Morgan fingerprint density at radius 1 is 1.27 bits per heavy atom. The second-order valence-electron chi connectivity index (χ2n) is 4.76. The number of rotatable bonds is 3. The summed E-state index contributed by atoms with van der Waals surface area (Å²) in [4.78, 5) is 0. The molecule has 0 spiro atoms. The van der Waals surface area contributed by atoms with E-state index < -0.39 is 5.79 Å². The maximum Gasteiger partial charge on any atom is 0.162 e. The van der Waals surface area contributed by atoms with Crippen LogP contribution in [-0.4, -0.2) is 44.3 Å². The first-order valence-corrected chi connectivity index (χ1v) is 5.79. The molecule has 0 amide bonds. The first-order chi connectivity index (χ1) is 7.16. The van der Waals surface area contributed by atoms with Gasteiger partial charge in [-0.05, 0) is 26.7 Å². The van der Waals surface area contributed by atoms with E-state index >= 15 is 0 Å². The molecule has 1 unspecified atom stereocenters. The van der Waals surface area contributed by atoms with Gasteiger partial charge in [0.05, 0.1) is 25.4 Å². The molecule has 2 saturated heterocycles. The average molecular weight is 215 g/mol. The van der Waals surface area contributed by atoms with Gasteiger partial charge in [0.1, 0.15) is 0 Å². The molecule has 0 aromatic heterocycles. The van der Waals surface area contributed by atoms with Crippen LogP contribution in [0.5, 0.6) is 0 Å². The highest BCUT2D eigenvalue weighted by molar-refractivity contribution is 4.76. The molecule has 2 heterocycles. The molecular weight excluding hydrogens is 194 g/mol. The highest BCUT2D eigenvalue weighted by atomic mass is 16.7. The van der Waals surface area contributed by atoms with Crippen molar-refractivity contribution in [3.8, 4) is 0 Å². The zero-order valence-corrected chi connectivity index (χ0v) is 9.62. The molecule has 4 heteroatoms. The monoisotopic (exact) mass is 215 g/mol. The van der Waals surface area contributed by atoms with Crippen LogP contribution in [0.4, 0.5) is 0 Å². The van der Waals surface area contributed by atoms with Gasteiger partial charge in [0, 0.05) is 13.2 Å². The molecule has 2 fully saturated rings. The van der Waals surface area contributed by atoms with Crippen molar-refractivity contribution in [3.63, 3.8) is 0 Å². The lowest BCUT2D eigenvalue weighted by Gasteiger charge is -2.35. The minimum absolute atomic E-state index is 0.308. The van der Waals surface area contributed by atoms with Crippen molar-refractivity contribution >= 4 is 0 Å². The van der Waals surface area contributed by atoms with Crippen LogP contribution in [0.25, 0.3) is 0 Å². The van der Waals surface area contributed by atoms with E-state index in [2.05, 4.69) is 5.32 Å². The summed E-state index contributed by atoms with van der Waals surface area (Å²) in [6.07, 6.45) is 2.75. The summed E-state index contributed by atoms with van der Waals surface area (Å²) in [6, 6.07) is 0.308. The number of hydrogen-bond acceptors (Lipinski definition) is 4. The third-order valence-electron chi connectivity index (χ3n) is 2.92. The fourth-order valence-corrected chi connectivity index (χ4v) is 1.91. The van der Waals surface area contributed by atoms with Crippen LogP contribution in [0.1, 0.15) is 26.7 Å². The summed E-state index contributed by atoms with van der Waals surface area (Å²) < 4.78 is 16.7. The van der Waals surface area contributed by atoms with Crippen molar-refractivity contribution in [2.45, 2.75) is 44.6 Å². The Bertz CT molecular complexity index is 192. The van der Waals surface area contributed by atoms with Crippen LogP contribution in [0.15, 0.2) is 0 Å². The Morgan fingerprint density at radius 3 is 2.60 bits per heavy atom. The molecule has 0 saturated carbocycles. The third kappa shape index (κ3) is 3.41. The van der Waals surface area contributed by atoms with E-state index in [4.69, 9.17) is 14.2 Å². The first kappa shape index (κ1) is 11.3. The summed E-state index contributed by atoms with van der Waals surface area (Å²) in [5.74, 6) is -0.415. The van der Waals surface area contributed by atoms with E-state index in [0.29, 0.717) is 12.1 Å². The number of ether oxygens (including phenoxy) is 3. The van der Waals surface area contributed by atoms with Gasteiger partial charge < -0.3 is 19.5 Å². The first-order valence-electron chi connectivity index (χ1n) is 5.79. The van der Waals surface area contributed by atoms with E-state index in [-0.39, 0.29) is 0 Å². The lowest BCUT2D eigenvalue weighted by atomic mass is 10.2. The van der Waals surface area contributed by atoms with Crippen molar-refractivity contribution in [2.75, 3.05) is 26.4 Å². The Morgan fingerprint density at radius 2 is 2.00 bits per heavy atom. The second-order valence-corrected chi connectivity index (χ2v) is 4.76. The van der Waals surface area contributed by atoms with Gasteiger partial charge in [-0.15, -0.1) is 0 Å². The smallest absolute Gasteiger partial charge is 0.162 e. The van der Waals surface area contributed by atoms with Crippen LogP contribution >= 0.6 is 0 Å². The zero-order chi connectivity index (χ0) is 10.7. The van der Waals surface area contributed by atoms with Crippen LogP contribution in [0, 0.1) is 0 Å². The van der Waals surface area contributed by atoms with Gasteiger partial charge >= 0.3 is 0 Å². The molecule has 0 radical (unpaired) electrons. The molecule has 88 valence electrons. The van der Waals surface area contributed by atoms with E-state index in [0.717, 1.165) is 26.4 Å². The largest absolute Gasteiger partial charge is 0.377 e. The summed E-state index contributed by atoms with van der Waals surface area (Å²) in [6.45, 7) is 7.17. The summed E-state index contributed by atoms with van der Waals surface area (Å²) >= 11 is 0. The summed E-state index contributed by atoms with van der Waals surface area (Å²) in [5, 5.41) is 3.43. The van der Waals surface area contributed by atoms with Crippen LogP contribution in [-0.2, 0) is 14.2 Å². The van der Waals surface area contributed by atoms with Crippen LogP contribution in [0.2, 0.25) is 0 Å². The predicted molar refractivity (Wildman–Crippen MR) is 56.7 cm³/mol. The van der Waals surface area contributed by atoms with E-state index in [1.54, 1.807) is 0 Å². The van der Waals surface area contributed by atoms with Gasteiger partial charge in [0.15, 0.2) is 5.79 Å². The molecule has 0 bridgehead atoms. The van der Waals surface area contributed by atoms with Gasteiger partial charge in [-0.1, -0.05) is 0 Å².